The van der Waals surface area contributed by atoms with E-state index in [0.717, 1.165) is 75.2 Å². The third-order valence-corrected chi connectivity index (χ3v) is 11.1. The second-order valence-corrected chi connectivity index (χ2v) is 16.1. The van der Waals surface area contributed by atoms with Gasteiger partial charge in [0.05, 0.1) is 41.1 Å². The lowest BCUT2D eigenvalue weighted by Gasteiger charge is -2.43. The molecule has 15 heteroatoms. The van der Waals surface area contributed by atoms with Crippen LogP contribution in [0.1, 0.15) is 48.2 Å². The lowest BCUT2D eigenvalue weighted by Crippen LogP contribution is -2.52. The maximum absolute atomic E-state index is 13.2. The van der Waals surface area contributed by atoms with Crippen molar-refractivity contribution in [3.63, 3.8) is 0 Å². The van der Waals surface area contributed by atoms with Crippen molar-refractivity contribution in [3.05, 3.63) is 52.2 Å². The molecule has 2 N–H and O–H groups in total. The summed E-state index contributed by atoms with van der Waals surface area (Å²) in [7, 11) is 0.0483. The number of hydrogen-bond acceptors (Lipinski definition) is 12. The number of hydrogen-bond donors (Lipinski definition) is 2. The fraction of sp³-hybridized carbons (Fsp3) is 0.514. The molecule has 2 aromatic carbocycles. The zero-order chi connectivity index (χ0) is 35.7. The summed E-state index contributed by atoms with van der Waals surface area (Å²) in [5, 5.41) is 6.93. The number of aromatic nitrogens is 2. The van der Waals surface area contributed by atoms with Crippen LogP contribution in [0, 0.1) is 6.92 Å². The first-order chi connectivity index (χ1) is 23.8. The topological polar surface area (TPSA) is 132 Å². The van der Waals surface area contributed by atoms with Gasteiger partial charge in [-0.2, -0.15) is 4.98 Å². The Hall–Kier alpha value is -3.85. The van der Waals surface area contributed by atoms with Crippen LogP contribution in [0.25, 0.3) is 0 Å². The van der Waals surface area contributed by atoms with Gasteiger partial charge in [0.25, 0.3) is 0 Å². The summed E-state index contributed by atoms with van der Waals surface area (Å²) in [5.74, 6) is 0.315. The summed E-state index contributed by atoms with van der Waals surface area (Å²) < 4.78 is 37.7. The van der Waals surface area contributed by atoms with Crippen LogP contribution in [0.2, 0.25) is 5.02 Å². The minimum Gasteiger partial charge on any atom is -0.493 e. The molecule has 3 aliphatic heterocycles. The van der Waals surface area contributed by atoms with Gasteiger partial charge in [0.1, 0.15) is 11.3 Å². The van der Waals surface area contributed by atoms with Crippen LogP contribution < -0.4 is 24.6 Å². The van der Waals surface area contributed by atoms with E-state index in [0.29, 0.717) is 46.9 Å². The molecular weight excluding hydrogens is 680 g/mol. The second-order valence-electron chi connectivity index (χ2n) is 13.6. The smallest absolute Gasteiger partial charge is 0.343 e. The Labute approximate surface area is 299 Å². The predicted molar refractivity (Wildman–Crippen MR) is 199 cm³/mol. The largest absolute Gasteiger partial charge is 0.493 e. The number of esters is 1. The van der Waals surface area contributed by atoms with Crippen molar-refractivity contribution >= 4 is 62.1 Å². The molecule has 0 atom stereocenters. The first-order valence-corrected chi connectivity index (χ1v) is 19.3. The number of nitrogens with zero attached hydrogens (tertiary/aromatic N) is 6. The van der Waals surface area contributed by atoms with Crippen molar-refractivity contribution < 1.29 is 22.7 Å². The molecule has 0 radical (unpaired) electrons. The number of fused-ring (bicyclic) bond motifs is 1. The van der Waals surface area contributed by atoms with Crippen LogP contribution in [0.4, 0.5) is 34.5 Å². The van der Waals surface area contributed by atoms with Crippen molar-refractivity contribution in [1.29, 1.82) is 0 Å². The van der Waals surface area contributed by atoms with E-state index >= 15 is 0 Å². The van der Waals surface area contributed by atoms with Gasteiger partial charge >= 0.3 is 5.97 Å². The number of rotatable bonds is 10. The SMILES string of the molecule is Cc1cc(Nc2ncc(C(=O)OC(C)C)c(Nc3cc4c(cc3N(C)S(C)(=O)=O)CCO4)n2)c(Cl)cc1N1CCC(N2CCN(C)CC2)CC1. The standard InChI is InChI=1S/C35H47ClN8O5S/c1-22(2)49-34(45)26-21-37-35(40-33(26)38-29-20-32-24(9-16-48-32)18-31(29)42(5)50(6,46)47)39-28-17-23(3)30(19-27(28)36)44-10-7-25(8-11-44)43-14-12-41(4)13-15-43/h17-22,25H,7-16H2,1-6H3,(H2,37,38,39,40). The van der Waals surface area contributed by atoms with Gasteiger partial charge in [0.2, 0.25) is 16.0 Å². The molecule has 13 nitrogen and oxygen atoms in total. The molecule has 2 saturated heterocycles. The van der Waals surface area contributed by atoms with Gasteiger partial charge in [-0.3, -0.25) is 9.21 Å². The number of piperazine rings is 1. The molecule has 0 amide bonds. The van der Waals surface area contributed by atoms with Gasteiger partial charge in [-0.25, -0.2) is 18.2 Å². The number of anilines is 6. The van der Waals surface area contributed by atoms with Crippen molar-refractivity contribution in [1.82, 2.24) is 19.8 Å². The van der Waals surface area contributed by atoms with E-state index in [1.807, 2.05) is 12.1 Å². The first kappa shape index (κ1) is 36.0. The second kappa shape index (κ2) is 14.8. The van der Waals surface area contributed by atoms with Crippen LogP contribution in [-0.4, -0.2) is 113 Å². The summed E-state index contributed by atoms with van der Waals surface area (Å²) >= 11 is 6.87. The number of sulfonamides is 1. The first-order valence-electron chi connectivity index (χ1n) is 17.1. The molecule has 0 unspecified atom stereocenters. The monoisotopic (exact) mass is 726 g/mol. The average molecular weight is 727 g/mol. The van der Waals surface area contributed by atoms with Gasteiger partial charge in [-0.05, 0) is 70.0 Å². The maximum Gasteiger partial charge on any atom is 0.343 e. The molecule has 3 aliphatic rings. The van der Waals surface area contributed by atoms with Gasteiger partial charge in [-0.15, -0.1) is 0 Å². The van der Waals surface area contributed by atoms with E-state index in [-0.39, 0.29) is 23.4 Å². The van der Waals surface area contributed by atoms with Gasteiger partial charge in [0, 0.05) is 76.7 Å². The molecule has 3 aromatic rings. The van der Waals surface area contributed by atoms with Gasteiger partial charge in [-0.1, -0.05) is 11.6 Å². The minimum atomic E-state index is -3.62. The van der Waals surface area contributed by atoms with Crippen LogP contribution in [-0.2, 0) is 21.2 Å². The van der Waals surface area contributed by atoms with Crippen LogP contribution in [0.15, 0.2) is 30.5 Å². The summed E-state index contributed by atoms with van der Waals surface area (Å²) in [5.41, 5.74) is 4.53. The highest BCUT2D eigenvalue weighted by molar-refractivity contribution is 7.92. The van der Waals surface area contributed by atoms with Crippen molar-refractivity contribution in [2.75, 3.05) is 86.1 Å². The molecule has 4 heterocycles. The molecule has 270 valence electrons. The molecule has 0 bridgehead atoms. The Morgan fingerprint density at radius 1 is 1.06 bits per heavy atom. The van der Waals surface area contributed by atoms with E-state index in [1.54, 1.807) is 26.0 Å². The fourth-order valence-electron chi connectivity index (χ4n) is 6.73. The Bertz CT molecular complexity index is 1840. The van der Waals surface area contributed by atoms with E-state index in [4.69, 9.17) is 21.1 Å². The number of aryl methyl sites for hydroxylation is 1. The molecule has 0 spiro atoms. The van der Waals surface area contributed by atoms with Crippen LogP contribution in [0.3, 0.4) is 0 Å². The van der Waals surface area contributed by atoms with Crippen molar-refractivity contribution in [2.24, 2.45) is 0 Å². The highest BCUT2D eigenvalue weighted by Gasteiger charge is 2.28. The molecule has 6 rings (SSSR count). The normalized spacial score (nSPS) is 17.4. The van der Waals surface area contributed by atoms with Gasteiger partial charge < -0.3 is 29.9 Å². The summed E-state index contributed by atoms with van der Waals surface area (Å²) in [6.07, 6.45) is 5.02. The Kier molecular flexibility index (Phi) is 10.6. The number of likely N-dealkylation sites (N-methyl/N-ethyl adjacent to an activating group) is 1. The minimum absolute atomic E-state index is 0.0798. The van der Waals surface area contributed by atoms with Crippen LogP contribution >= 0.6 is 11.6 Å². The Morgan fingerprint density at radius 3 is 2.46 bits per heavy atom. The molecule has 2 fully saturated rings. The van der Waals surface area contributed by atoms with Gasteiger partial charge in [0.15, 0.2) is 5.82 Å². The number of carbonyl (C=O) groups excluding carboxylic acids is 1. The van der Waals surface area contributed by atoms with E-state index in [1.165, 1.54) is 17.5 Å². The number of nitrogens with one attached hydrogen (secondary N) is 2. The average Bonchev–Trinajstić information content (AvgIpc) is 3.53. The molecule has 1 aromatic heterocycles. The molecule has 50 heavy (non-hydrogen) atoms. The third-order valence-electron chi connectivity index (χ3n) is 9.64. The number of halogens is 1. The maximum atomic E-state index is 13.2. The van der Waals surface area contributed by atoms with Crippen LogP contribution in [0.5, 0.6) is 5.75 Å². The molecule has 0 saturated carbocycles. The molecule has 0 aliphatic carbocycles. The Balaban J connectivity index is 1.25. The number of ether oxygens (including phenoxy) is 2. The van der Waals surface area contributed by atoms with E-state index in [9.17, 15) is 13.2 Å². The lowest BCUT2D eigenvalue weighted by molar-refractivity contribution is 0.0378. The van der Waals surface area contributed by atoms with Crippen molar-refractivity contribution in [3.8, 4) is 5.75 Å². The zero-order valence-corrected chi connectivity index (χ0v) is 31.2. The number of benzene rings is 2. The fourth-order valence-corrected chi connectivity index (χ4v) is 7.44. The van der Waals surface area contributed by atoms with Crippen molar-refractivity contribution in [2.45, 2.75) is 52.2 Å². The summed E-state index contributed by atoms with van der Waals surface area (Å²) in [6.45, 7) is 12.5. The van der Waals surface area contributed by atoms with E-state index in [2.05, 4.69) is 49.3 Å². The highest BCUT2D eigenvalue weighted by Crippen LogP contribution is 2.39. The van der Waals surface area contributed by atoms with E-state index < -0.39 is 16.0 Å². The number of carbonyl (C=O) groups is 1. The molecular formula is C35H47ClN8O5S. The lowest BCUT2D eigenvalue weighted by atomic mass is 10.0. The number of piperidine rings is 1. The highest BCUT2D eigenvalue weighted by atomic mass is 35.5. The summed E-state index contributed by atoms with van der Waals surface area (Å²) in [4.78, 5) is 29.7. The summed E-state index contributed by atoms with van der Waals surface area (Å²) in [6, 6.07) is 8.08. The third kappa shape index (κ3) is 8.03. The quantitative estimate of drug-likeness (QED) is 0.272. The Morgan fingerprint density at radius 2 is 1.78 bits per heavy atom. The predicted octanol–water partition coefficient (Wildman–Crippen LogP) is 5.04. The zero-order valence-electron chi connectivity index (χ0n) is 29.6.